The molecule has 1 heterocycles. The first-order valence-electron chi connectivity index (χ1n) is 6.47. The summed E-state index contributed by atoms with van der Waals surface area (Å²) >= 11 is 1.22. The summed E-state index contributed by atoms with van der Waals surface area (Å²) in [6.45, 7) is 2.04. The van der Waals surface area contributed by atoms with Gasteiger partial charge in [0.2, 0.25) is 0 Å². The van der Waals surface area contributed by atoms with E-state index in [4.69, 9.17) is 9.47 Å². The van der Waals surface area contributed by atoms with Crippen molar-refractivity contribution in [3.63, 3.8) is 0 Å². The maximum atomic E-state index is 12.0. The smallest absolute Gasteiger partial charge is 0.486 e. The fourth-order valence-corrected chi connectivity index (χ4v) is 2.23. The van der Waals surface area contributed by atoms with Crippen LogP contribution in [0.25, 0.3) is 0 Å². The van der Waals surface area contributed by atoms with Crippen molar-refractivity contribution in [2.75, 3.05) is 6.61 Å². The lowest BCUT2D eigenvalue weighted by Crippen LogP contribution is -2.16. The third kappa shape index (κ3) is 5.44. The topological polar surface area (TPSA) is 57.7 Å². The van der Waals surface area contributed by atoms with Gasteiger partial charge in [-0.05, 0) is 31.2 Å². The highest BCUT2D eigenvalue weighted by atomic mass is 32.1. The van der Waals surface area contributed by atoms with Crippen molar-refractivity contribution < 1.29 is 32.2 Å². The molecule has 23 heavy (non-hydrogen) atoms. The van der Waals surface area contributed by atoms with Crippen LogP contribution in [0.3, 0.4) is 0 Å². The van der Waals surface area contributed by atoms with Gasteiger partial charge in [0, 0.05) is 5.38 Å². The molecule has 1 aromatic heterocycles. The van der Waals surface area contributed by atoms with Gasteiger partial charge in [-0.2, -0.15) is 0 Å². The van der Waals surface area contributed by atoms with Gasteiger partial charge in [0.25, 0.3) is 0 Å². The summed E-state index contributed by atoms with van der Waals surface area (Å²) in [5, 5.41) is 2.10. The molecule has 0 bridgehead atoms. The number of benzene rings is 1. The van der Waals surface area contributed by atoms with E-state index in [0.717, 1.165) is 12.1 Å². The maximum absolute atomic E-state index is 12.0. The first-order valence-corrected chi connectivity index (χ1v) is 7.35. The van der Waals surface area contributed by atoms with Gasteiger partial charge in [0.05, 0.1) is 6.61 Å². The van der Waals surface area contributed by atoms with Crippen LogP contribution < -0.4 is 9.47 Å². The van der Waals surface area contributed by atoms with Crippen molar-refractivity contribution in [1.82, 2.24) is 4.98 Å². The van der Waals surface area contributed by atoms with E-state index in [-0.39, 0.29) is 24.7 Å². The molecule has 0 aliphatic heterocycles. The van der Waals surface area contributed by atoms with Crippen LogP contribution in [0.4, 0.5) is 13.2 Å². The van der Waals surface area contributed by atoms with Gasteiger partial charge in [-0.15, -0.1) is 24.5 Å². The highest BCUT2D eigenvalue weighted by Gasteiger charge is 2.30. The second-order valence-corrected chi connectivity index (χ2v) is 5.10. The Hall–Kier alpha value is -2.29. The first kappa shape index (κ1) is 17.1. The fourth-order valence-electron chi connectivity index (χ4n) is 1.56. The average Bonchev–Trinajstić information content (AvgIpc) is 2.94. The van der Waals surface area contributed by atoms with Gasteiger partial charge in [0.15, 0.2) is 5.69 Å². The van der Waals surface area contributed by atoms with E-state index < -0.39 is 12.3 Å². The number of carbonyl (C=O) groups excluding carboxylic acids is 1. The highest BCUT2D eigenvalue weighted by molar-refractivity contribution is 7.09. The number of ether oxygens (including phenoxy) is 3. The number of alkyl halides is 3. The Kier molecular flexibility index (Phi) is 5.43. The second-order valence-electron chi connectivity index (χ2n) is 4.15. The average molecular weight is 347 g/mol. The molecular formula is C14H12F3NO4S. The van der Waals surface area contributed by atoms with Crippen LogP contribution in [-0.2, 0) is 11.3 Å². The van der Waals surface area contributed by atoms with E-state index in [1.165, 1.54) is 23.5 Å². The Labute approximate surface area is 133 Å². The van der Waals surface area contributed by atoms with Crippen LogP contribution in [0.5, 0.6) is 11.5 Å². The number of thiazole rings is 1. The molecule has 0 spiro atoms. The molecule has 0 amide bonds. The molecule has 0 saturated heterocycles. The Balaban J connectivity index is 1.90. The predicted octanol–water partition coefficient (Wildman–Crippen LogP) is 3.80. The second kappa shape index (κ2) is 7.32. The van der Waals surface area contributed by atoms with E-state index in [9.17, 15) is 18.0 Å². The Morgan fingerprint density at radius 3 is 2.48 bits per heavy atom. The summed E-state index contributed by atoms with van der Waals surface area (Å²) < 4.78 is 50.1. The zero-order valence-electron chi connectivity index (χ0n) is 11.9. The molecule has 0 N–H and O–H groups in total. The molecule has 0 aliphatic carbocycles. The van der Waals surface area contributed by atoms with Gasteiger partial charge in [-0.3, -0.25) is 0 Å². The SMILES string of the molecule is CCOC(=O)c1csc(COc2ccc(OC(F)(F)F)cc2)n1. The van der Waals surface area contributed by atoms with E-state index in [0.29, 0.717) is 10.8 Å². The van der Waals surface area contributed by atoms with Crippen LogP contribution in [-0.4, -0.2) is 23.9 Å². The summed E-state index contributed by atoms with van der Waals surface area (Å²) in [6, 6.07) is 4.99. The third-order valence-corrected chi connectivity index (χ3v) is 3.28. The molecule has 2 rings (SSSR count). The minimum absolute atomic E-state index is 0.0869. The largest absolute Gasteiger partial charge is 0.573 e. The number of rotatable bonds is 6. The molecule has 1 aromatic carbocycles. The third-order valence-electron chi connectivity index (χ3n) is 2.46. The summed E-state index contributed by atoms with van der Waals surface area (Å²) in [6.07, 6.45) is -4.73. The number of carbonyl (C=O) groups is 1. The van der Waals surface area contributed by atoms with Crippen LogP contribution >= 0.6 is 11.3 Å². The van der Waals surface area contributed by atoms with Crippen molar-refractivity contribution >= 4 is 17.3 Å². The van der Waals surface area contributed by atoms with E-state index in [1.54, 1.807) is 12.3 Å². The zero-order valence-corrected chi connectivity index (χ0v) is 12.7. The van der Waals surface area contributed by atoms with Gasteiger partial charge in [-0.25, -0.2) is 9.78 Å². The quantitative estimate of drug-likeness (QED) is 0.744. The Morgan fingerprint density at radius 1 is 1.22 bits per heavy atom. The molecule has 0 fully saturated rings. The fraction of sp³-hybridized carbons (Fsp3) is 0.286. The normalized spacial score (nSPS) is 11.1. The number of hydrogen-bond donors (Lipinski definition) is 0. The molecule has 5 nitrogen and oxygen atoms in total. The number of esters is 1. The Bertz CT molecular complexity index is 655. The summed E-state index contributed by atoms with van der Waals surface area (Å²) in [5.74, 6) is -0.486. The summed E-state index contributed by atoms with van der Waals surface area (Å²) in [7, 11) is 0. The first-order chi connectivity index (χ1) is 10.9. The van der Waals surface area contributed by atoms with Gasteiger partial charge in [0.1, 0.15) is 23.1 Å². The lowest BCUT2D eigenvalue weighted by atomic mass is 10.3. The molecule has 0 aliphatic rings. The molecule has 0 unspecified atom stereocenters. The van der Waals surface area contributed by atoms with E-state index in [1.807, 2.05) is 0 Å². The standard InChI is InChI=1S/C14H12F3NO4S/c1-2-20-13(19)11-8-23-12(18-11)7-21-9-3-5-10(6-4-9)22-14(15,16)17/h3-6,8H,2,7H2,1H3. The molecule has 2 aromatic rings. The predicted molar refractivity (Wildman–Crippen MR) is 75.5 cm³/mol. The summed E-state index contributed by atoms with van der Waals surface area (Å²) in [5.41, 5.74) is 0.198. The summed E-state index contributed by atoms with van der Waals surface area (Å²) in [4.78, 5) is 15.5. The molecule has 0 radical (unpaired) electrons. The molecule has 0 atom stereocenters. The van der Waals surface area contributed by atoms with Crippen molar-refractivity contribution in [3.05, 3.63) is 40.3 Å². The van der Waals surface area contributed by atoms with Crippen LogP contribution in [0.1, 0.15) is 22.4 Å². The lowest BCUT2D eigenvalue weighted by molar-refractivity contribution is -0.274. The number of halogens is 3. The van der Waals surface area contributed by atoms with Crippen molar-refractivity contribution in [2.45, 2.75) is 19.9 Å². The van der Waals surface area contributed by atoms with Crippen LogP contribution in [0.2, 0.25) is 0 Å². The zero-order chi connectivity index (χ0) is 16.9. The molecule has 9 heteroatoms. The van der Waals surface area contributed by atoms with Crippen LogP contribution in [0.15, 0.2) is 29.6 Å². The molecule has 124 valence electrons. The lowest BCUT2D eigenvalue weighted by Gasteiger charge is -2.09. The van der Waals surface area contributed by atoms with Gasteiger partial charge in [-0.1, -0.05) is 0 Å². The number of hydrogen-bond acceptors (Lipinski definition) is 6. The monoisotopic (exact) mass is 347 g/mol. The minimum atomic E-state index is -4.73. The van der Waals surface area contributed by atoms with Crippen molar-refractivity contribution in [3.8, 4) is 11.5 Å². The van der Waals surface area contributed by atoms with Gasteiger partial charge < -0.3 is 14.2 Å². The van der Waals surface area contributed by atoms with Crippen LogP contribution in [0, 0.1) is 0 Å². The highest BCUT2D eigenvalue weighted by Crippen LogP contribution is 2.25. The van der Waals surface area contributed by atoms with Crippen molar-refractivity contribution in [1.29, 1.82) is 0 Å². The number of nitrogens with zero attached hydrogens (tertiary/aromatic N) is 1. The maximum Gasteiger partial charge on any atom is 0.573 e. The Morgan fingerprint density at radius 2 is 1.87 bits per heavy atom. The van der Waals surface area contributed by atoms with E-state index in [2.05, 4.69) is 9.72 Å². The molecule has 0 saturated carbocycles. The van der Waals surface area contributed by atoms with Crippen molar-refractivity contribution in [2.24, 2.45) is 0 Å². The van der Waals surface area contributed by atoms with E-state index >= 15 is 0 Å². The molecular weight excluding hydrogens is 335 g/mol. The minimum Gasteiger partial charge on any atom is -0.486 e. The number of aromatic nitrogens is 1. The van der Waals surface area contributed by atoms with Gasteiger partial charge >= 0.3 is 12.3 Å².